The lowest BCUT2D eigenvalue weighted by molar-refractivity contribution is 0.262. The Kier molecular flexibility index (Phi) is 4.90. The minimum atomic E-state index is -0.259. The standard InChI is InChI=1S/C21H23BrN2O2/c1-13-4-8-16(9-5-13)23-21(25)24-19-12-15(22)11-18-17(14-6-7-14)3-2-10-26-20(18)19/h4-5,8-9,11-12,14,17H,2-3,6-7,10H2,1H3,(H2,23,24,25)/t17-/m0/s1. The number of benzene rings is 2. The maximum Gasteiger partial charge on any atom is 0.323 e. The molecule has 26 heavy (non-hydrogen) atoms. The number of amides is 2. The average Bonchev–Trinajstić information content (AvgIpc) is 3.43. The molecule has 1 aliphatic heterocycles. The van der Waals surface area contributed by atoms with Gasteiger partial charge in [0.2, 0.25) is 0 Å². The quantitative estimate of drug-likeness (QED) is 0.640. The minimum Gasteiger partial charge on any atom is -0.491 e. The summed E-state index contributed by atoms with van der Waals surface area (Å²) >= 11 is 3.60. The molecule has 0 radical (unpaired) electrons. The zero-order chi connectivity index (χ0) is 18.1. The van der Waals surface area contributed by atoms with Gasteiger partial charge in [0.05, 0.1) is 12.3 Å². The molecule has 5 heteroatoms. The van der Waals surface area contributed by atoms with Crippen LogP contribution in [0.4, 0.5) is 16.2 Å². The Morgan fingerprint density at radius 3 is 2.62 bits per heavy atom. The van der Waals surface area contributed by atoms with Gasteiger partial charge in [-0.1, -0.05) is 33.6 Å². The van der Waals surface area contributed by atoms with Crippen LogP contribution >= 0.6 is 15.9 Å². The third-order valence-corrected chi connectivity index (χ3v) is 5.59. The largest absolute Gasteiger partial charge is 0.491 e. The van der Waals surface area contributed by atoms with Crippen molar-refractivity contribution < 1.29 is 9.53 Å². The predicted octanol–water partition coefficient (Wildman–Crippen LogP) is 6.07. The molecule has 2 aromatic carbocycles. The second-order valence-electron chi connectivity index (χ2n) is 7.25. The van der Waals surface area contributed by atoms with E-state index in [2.05, 4.69) is 32.6 Å². The van der Waals surface area contributed by atoms with Gasteiger partial charge in [-0.15, -0.1) is 0 Å². The molecule has 0 aromatic heterocycles. The van der Waals surface area contributed by atoms with Gasteiger partial charge in [0.1, 0.15) is 5.75 Å². The minimum absolute atomic E-state index is 0.259. The Hall–Kier alpha value is -2.01. The number of fused-ring (bicyclic) bond motifs is 1. The second kappa shape index (κ2) is 7.31. The number of ether oxygens (including phenoxy) is 1. The highest BCUT2D eigenvalue weighted by Gasteiger charge is 2.35. The Morgan fingerprint density at radius 2 is 1.88 bits per heavy atom. The van der Waals surface area contributed by atoms with Crippen molar-refractivity contribution >= 4 is 33.3 Å². The van der Waals surface area contributed by atoms with Gasteiger partial charge in [-0.2, -0.15) is 0 Å². The van der Waals surface area contributed by atoms with Crippen molar-refractivity contribution in [1.29, 1.82) is 0 Å². The summed E-state index contributed by atoms with van der Waals surface area (Å²) < 4.78 is 7.02. The fraction of sp³-hybridized carbons (Fsp3) is 0.381. The summed E-state index contributed by atoms with van der Waals surface area (Å²) in [6.07, 6.45) is 4.81. The van der Waals surface area contributed by atoms with Crippen molar-refractivity contribution in [3.63, 3.8) is 0 Å². The molecular weight excluding hydrogens is 392 g/mol. The molecule has 1 heterocycles. The van der Waals surface area contributed by atoms with E-state index in [1.165, 1.54) is 18.4 Å². The molecule has 2 N–H and O–H groups in total. The molecule has 1 fully saturated rings. The summed E-state index contributed by atoms with van der Waals surface area (Å²) in [5, 5.41) is 5.86. The van der Waals surface area contributed by atoms with Gasteiger partial charge in [0, 0.05) is 15.7 Å². The number of carbonyl (C=O) groups is 1. The molecule has 1 atom stereocenters. The SMILES string of the molecule is Cc1ccc(NC(=O)Nc2cc(Br)cc3c2OCCC[C@H]3C2CC2)cc1. The van der Waals surface area contributed by atoms with Crippen LogP contribution in [0.2, 0.25) is 0 Å². The summed E-state index contributed by atoms with van der Waals surface area (Å²) in [7, 11) is 0. The van der Waals surface area contributed by atoms with E-state index in [0.29, 0.717) is 12.5 Å². The van der Waals surface area contributed by atoms with E-state index in [4.69, 9.17) is 4.74 Å². The summed E-state index contributed by atoms with van der Waals surface area (Å²) in [6, 6.07) is 11.6. The zero-order valence-electron chi connectivity index (χ0n) is 14.8. The van der Waals surface area contributed by atoms with Gasteiger partial charge in [0.25, 0.3) is 0 Å². The van der Waals surface area contributed by atoms with Gasteiger partial charge in [-0.25, -0.2) is 4.79 Å². The smallest absolute Gasteiger partial charge is 0.323 e. The number of hydrogen-bond acceptors (Lipinski definition) is 2. The van der Waals surface area contributed by atoms with Crippen LogP contribution in [0.5, 0.6) is 5.75 Å². The van der Waals surface area contributed by atoms with Crippen LogP contribution in [-0.2, 0) is 0 Å². The normalized spacial score (nSPS) is 19.1. The lowest BCUT2D eigenvalue weighted by Crippen LogP contribution is -2.20. The molecule has 136 valence electrons. The van der Waals surface area contributed by atoms with Crippen LogP contribution < -0.4 is 15.4 Å². The number of hydrogen-bond donors (Lipinski definition) is 2. The Morgan fingerprint density at radius 1 is 1.12 bits per heavy atom. The number of anilines is 2. The molecule has 4 nitrogen and oxygen atoms in total. The summed E-state index contributed by atoms with van der Waals surface area (Å²) in [5.74, 6) is 2.13. The Labute approximate surface area is 162 Å². The summed E-state index contributed by atoms with van der Waals surface area (Å²) in [6.45, 7) is 2.72. The highest BCUT2D eigenvalue weighted by Crippen LogP contribution is 2.51. The number of aryl methyl sites for hydroxylation is 1. The van der Waals surface area contributed by atoms with Crippen molar-refractivity contribution in [3.8, 4) is 5.75 Å². The maximum absolute atomic E-state index is 12.5. The molecule has 2 aliphatic rings. The van der Waals surface area contributed by atoms with Crippen LogP contribution in [0.15, 0.2) is 40.9 Å². The van der Waals surface area contributed by atoms with E-state index in [9.17, 15) is 4.79 Å². The fourth-order valence-electron chi connectivity index (χ4n) is 3.69. The molecule has 1 saturated carbocycles. The predicted molar refractivity (Wildman–Crippen MR) is 108 cm³/mol. The molecule has 0 unspecified atom stereocenters. The van der Waals surface area contributed by atoms with Gasteiger partial charge < -0.3 is 15.4 Å². The van der Waals surface area contributed by atoms with Crippen LogP contribution in [0.3, 0.4) is 0 Å². The highest BCUT2D eigenvalue weighted by atomic mass is 79.9. The lowest BCUT2D eigenvalue weighted by Gasteiger charge is -2.19. The summed E-state index contributed by atoms with van der Waals surface area (Å²) in [4.78, 5) is 12.5. The molecule has 2 aromatic rings. The van der Waals surface area contributed by atoms with E-state index >= 15 is 0 Å². The number of carbonyl (C=O) groups excluding carboxylic acids is 1. The van der Waals surface area contributed by atoms with E-state index in [-0.39, 0.29) is 6.03 Å². The molecule has 0 saturated heterocycles. The maximum atomic E-state index is 12.5. The van der Waals surface area contributed by atoms with E-state index < -0.39 is 0 Å². The van der Waals surface area contributed by atoms with Crippen molar-refractivity contribution in [1.82, 2.24) is 0 Å². The molecular formula is C21H23BrN2O2. The van der Waals surface area contributed by atoms with E-state index in [1.807, 2.05) is 37.3 Å². The Bertz CT molecular complexity index is 816. The van der Waals surface area contributed by atoms with Gasteiger partial charge >= 0.3 is 6.03 Å². The first-order valence-electron chi connectivity index (χ1n) is 9.21. The van der Waals surface area contributed by atoms with Crippen LogP contribution in [0.1, 0.15) is 42.7 Å². The van der Waals surface area contributed by atoms with Crippen LogP contribution in [-0.4, -0.2) is 12.6 Å². The fourth-order valence-corrected chi connectivity index (χ4v) is 4.16. The molecule has 4 rings (SSSR count). The number of rotatable bonds is 3. The van der Waals surface area contributed by atoms with Crippen molar-refractivity contribution in [2.45, 2.75) is 38.5 Å². The second-order valence-corrected chi connectivity index (χ2v) is 8.17. The van der Waals surface area contributed by atoms with E-state index in [0.717, 1.165) is 45.9 Å². The first-order valence-corrected chi connectivity index (χ1v) is 10.0. The number of urea groups is 1. The Balaban J connectivity index is 1.58. The molecule has 1 aliphatic carbocycles. The molecule has 0 spiro atoms. The van der Waals surface area contributed by atoms with Gasteiger partial charge in [-0.05, 0) is 68.7 Å². The average molecular weight is 415 g/mol. The van der Waals surface area contributed by atoms with Gasteiger partial charge in [0.15, 0.2) is 0 Å². The van der Waals surface area contributed by atoms with Crippen molar-refractivity contribution in [3.05, 3.63) is 52.0 Å². The number of halogens is 1. The topological polar surface area (TPSA) is 50.4 Å². The molecule has 2 amide bonds. The first kappa shape index (κ1) is 17.4. The van der Waals surface area contributed by atoms with E-state index in [1.54, 1.807) is 0 Å². The monoisotopic (exact) mass is 414 g/mol. The van der Waals surface area contributed by atoms with Crippen molar-refractivity contribution in [2.75, 3.05) is 17.2 Å². The molecule has 0 bridgehead atoms. The lowest BCUT2D eigenvalue weighted by atomic mass is 9.89. The van der Waals surface area contributed by atoms with Crippen LogP contribution in [0, 0.1) is 12.8 Å². The van der Waals surface area contributed by atoms with Crippen molar-refractivity contribution in [2.24, 2.45) is 5.92 Å². The van der Waals surface area contributed by atoms with Gasteiger partial charge in [-0.3, -0.25) is 0 Å². The number of nitrogens with one attached hydrogen (secondary N) is 2. The zero-order valence-corrected chi connectivity index (χ0v) is 16.4. The van der Waals surface area contributed by atoms with Crippen LogP contribution in [0.25, 0.3) is 0 Å². The summed E-state index contributed by atoms with van der Waals surface area (Å²) in [5.41, 5.74) is 3.88. The first-order chi connectivity index (χ1) is 12.6. The highest BCUT2D eigenvalue weighted by molar-refractivity contribution is 9.10. The third-order valence-electron chi connectivity index (χ3n) is 5.14. The third kappa shape index (κ3) is 3.88.